The Hall–Kier alpha value is -2.58. The first kappa shape index (κ1) is 22.6. The van der Waals surface area contributed by atoms with E-state index in [1.165, 1.54) is 12.8 Å². The summed E-state index contributed by atoms with van der Waals surface area (Å²) in [5.74, 6) is 0.879. The third kappa shape index (κ3) is 4.76. The molecule has 32 heavy (non-hydrogen) atoms. The Kier molecular flexibility index (Phi) is 7.32. The van der Waals surface area contributed by atoms with E-state index in [-0.39, 0.29) is 18.2 Å². The molecule has 3 aromatic rings. The number of nitrogens with zero attached hydrogens (tertiary/aromatic N) is 5. The number of aromatic nitrogens is 5. The topological polar surface area (TPSA) is 99.9 Å². The third-order valence-electron chi connectivity index (χ3n) is 6.63. The maximum absolute atomic E-state index is 13.0. The number of para-hydroxylation sites is 1. The van der Waals surface area contributed by atoms with E-state index in [1.807, 2.05) is 35.9 Å². The number of hydrogen-bond donors (Lipinski definition) is 2. The lowest BCUT2D eigenvalue weighted by molar-refractivity contribution is 0.145. The number of H-pyrrole nitrogens is 1. The van der Waals surface area contributed by atoms with E-state index >= 15 is 0 Å². The average molecular weight is 439 g/mol. The van der Waals surface area contributed by atoms with Crippen LogP contribution in [0.1, 0.15) is 80.9 Å². The van der Waals surface area contributed by atoms with Crippen molar-refractivity contribution in [3.05, 3.63) is 51.6 Å². The molecule has 1 atom stereocenters. The van der Waals surface area contributed by atoms with Crippen LogP contribution in [0.3, 0.4) is 0 Å². The standard InChI is InChI=1S/C24H34N6O2/c1-3-8-21(23-26-27-28-30(23)20-11-4-5-12-20)29(13-7-14-31)16-19-15-18-10-6-9-17(2)22(18)25-24(19)32/h6,9-10,15,20-21,31H,3-5,7-8,11-14,16H2,1-2H3,(H,25,32)/t21-/m0/s1. The Morgan fingerprint density at radius 1 is 1.31 bits per heavy atom. The van der Waals surface area contributed by atoms with E-state index in [4.69, 9.17) is 0 Å². The number of aliphatic hydroxyl groups is 1. The van der Waals surface area contributed by atoms with E-state index in [0.717, 1.165) is 53.5 Å². The van der Waals surface area contributed by atoms with Crippen molar-refractivity contribution in [1.82, 2.24) is 30.1 Å². The van der Waals surface area contributed by atoms with Crippen molar-refractivity contribution >= 4 is 10.9 Å². The predicted octanol–water partition coefficient (Wildman–Crippen LogP) is 3.66. The number of rotatable bonds is 10. The molecular formula is C24H34N6O2. The zero-order valence-electron chi connectivity index (χ0n) is 19.1. The Morgan fingerprint density at radius 2 is 2.12 bits per heavy atom. The maximum Gasteiger partial charge on any atom is 0.252 e. The zero-order chi connectivity index (χ0) is 22.5. The number of hydrogen-bond acceptors (Lipinski definition) is 6. The minimum Gasteiger partial charge on any atom is -0.396 e. The van der Waals surface area contributed by atoms with Gasteiger partial charge in [-0.05, 0) is 60.0 Å². The van der Waals surface area contributed by atoms with Gasteiger partial charge in [-0.1, -0.05) is 44.4 Å². The number of benzene rings is 1. The van der Waals surface area contributed by atoms with Crippen molar-refractivity contribution in [2.24, 2.45) is 0 Å². The summed E-state index contributed by atoms with van der Waals surface area (Å²) in [7, 11) is 0. The molecule has 0 spiro atoms. The smallest absolute Gasteiger partial charge is 0.252 e. The number of fused-ring (bicyclic) bond motifs is 1. The van der Waals surface area contributed by atoms with Crippen molar-refractivity contribution in [1.29, 1.82) is 0 Å². The molecule has 0 unspecified atom stereocenters. The summed E-state index contributed by atoms with van der Waals surface area (Å²) in [5.41, 5.74) is 2.61. The summed E-state index contributed by atoms with van der Waals surface area (Å²) in [5, 5.41) is 23.4. The molecule has 0 radical (unpaired) electrons. The van der Waals surface area contributed by atoms with Gasteiger partial charge in [-0.3, -0.25) is 9.69 Å². The van der Waals surface area contributed by atoms with Crippen LogP contribution in [0.2, 0.25) is 0 Å². The first-order valence-electron chi connectivity index (χ1n) is 11.9. The third-order valence-corrected chi connectivity index (χ3v) is 6.63. The molecule has 8 heteroatoms. The minimum absolute atomic E-state index is 0.00486. The SMILES string of the molecule is CCC[C@@H](c1nnnn1C1CCCC1)N(CCCO)Cc1cc2cccc(C)c2[nH]c1=O. The molecule has 2 N–H and O–H groups in total. The van der Waals surface area contributed by atoms with Crippen LogP contribution >= 0.6 is 0 Å². The summed E-state index contributed by atoms with van der Waals surface area (Å²) < 4.78 is 2.02. The molecule has 0 bridgehead atoms. The highest BCUT2D eigenvalue weighted by atomic mass is 16.3. The van der Waals surface area contributed by atoms with Crippen molar-refractivity contribution < 1.29 is 5.11 Å². The van der Waals surface area contributed by atoms with Crippen LogP contribution in [0.25, 0.3) is 10.9 Å². The van der Waals surface area contributed by atoms with Crippen LogP contribution in [0.5, 0.6) is 0 Å². The Morgan fingerprint density at radius 3 is 2.88 bits per heavy atom. The van der Waals surface area contributed by atoms with E-state index in [0.29, 0.717) is 25.6 Å². The number of tetrazole rings is 1. The van der Waals surface area contributed by atoms with Gasteiger partial charge < -0.3 is 10.1 Å². The summed E-state index contributed by atoms with van der Waals surface area (Å²) in [6, 6.07) is 8.39. The predicted molar refractivity (Wildman–Crippen MR) is 124 cm³/mol. The monoisotopic (exact) mass is 438 g/mol. The second-order valence-electron chi connectivity index (χ2n) is 8.93. The van der Waals surface area contributed by atoms with Crippen LogP contribution in [-0.4, -0.2) is 48.3 Å². The van der Waals surface area contributed by atoms with Crippen LogP contribution < -0.4 is 5.56 Å². The summed E-state index contributed by atoms with van der Waals surface area (Å²) in [4.78, 5) is 18.3. The van der Waals surface area contributed by atoms with Gasteiger partial charge >= 0.3 is 0 Å². The van der Waals surface area contributed by atoms with E-state index < -0.39 is 0 Å². The van der Waals surface area contributed by atoms with Crippen LogP contribution in [0, 0.1) is 6.92 Å². The second-order valence-corrected chi connectivity index (χ2v) is 8.93. The van der Waals surface area contributed by atoms with Gasteiger partial charge in [-0.2, -0.15) is 0 Å². The van der Waals surface area contributed by atoms with Crippen molar-refractivity contribution in [3.63, 3.8) is 0 Å². The Labute approximate surface area is 188 Å². The highest BCUT2D eigenvalue weighted by Crippen LogP contribution is 2.33. The van der Waals surface area contributed by atoms with Gasteiger partial charge in [0.2, 0.25) is 0 Å². The molecule has 172 valence electrons. The van der Waals surface area contributed by atoms with Gasteiger partial charge in [-0.15, -0.1) is 5.10 Å². The lowest BCUT2D eigenvalue weighted by atomic mass is 10.1. The number of nitrogens with one attached hydrogen (secondary N) is 1. The molecule has 0 amide bonds. The Balaban J connectivity index is 1.69. The first-order valence-corrected chi connectivity index (χ1v) is 11.9. The molecule has 0 saturated heterocycles. The fourth-order valence-electron chi connectivity index (χ4n) is 4.96. The van der Waals surface area contributed by atoms with E-state index in [2.05, 4.69) is 32.3 Å². The van der Waals surface area contributed by atoms with E-state index in [1.54, 1.807) is 0 Å². The van der Waals surface area contributed by atoms with Gasteiger partial charge in [-0.25, -0.2) is 4.68 Å². The molecule has 1 aliphatic rings. The van der Waals surface area contributed by atoms with Crippen LogP contribution in [0.4, 0.5) is 0 Å². The number of aromatic amines is 1. The highest BCUT2D eigenvalue weighted by molar-refractivity contribution is 5.81. The molecule has 1 fully saturated rings. The quantitative estimate of drug-likeness (QED) is 0.501. The van der Waals surface area contributed by atoms with Crippen molar-refractivity contribution in [2.75, 3.05) is 13.2 Å². The second kappa shape index (κ2) is 10.4. The molecule has 4 rings (SSSR count). The van der Waals surface area contributed by atoms with Crippen molar-refractivity contribution in [2.45, 2.75) is 77.4 Å². The van der Waals surface area contributed by atoms with Crippen LogP contribution in [0.15, 0.2) is 29.1 Å². The highest BCUT2D eigenvalue weighted by Gasteiger charge is 2.30. The van der Waals surface area contributed by atoms with Crippen molar-refractivity contribution in [3.8, 4) is 0 Å². The fourth-order valence-corrected chi connectivity index (χ4v) is 4.96. The molecule has 1 saturated carbocycles. The number of aliphatic hydroxyl groups excluding tert-OH is 1. The molecule has 2 heterocycles. The first-order chi connectivity index (χ1) is 15.6. The summed E-state index contributed by atoms with van der Waals surface area (Å²) in [6.07, 6.45) is 7.14. The van der Waals surface area contributed by atoms with Gasteiger partial charge in [0.25, 0.3) is 5.56 Å². The molecule has 1 aromatic carbocycles. The number of aryl methyl sites for hydroxylation is 1. The molecule has 1 aliphatic carbocycles. The summed E-state index contributed by atoms with van der Waals surface area (Å²) >= 11 is 0. The Bertz CT molecular complexity index is 1090. The molecular weight excluding hydrogens is 404 g/mol. The van der Waals surface area contributed by atoms with Gasteiger partial charge in [0, 0.05) is 25.3 Å². The van der Waals surface area contributed by atoms with Gasteiger partial charge in [0.15, 0.2) is 5.82 Å². The lowest BCUT2D eigenvalue weighted by Crippen LogP contribution is -2.34. The molecule has 0 aliphatic heterocycles. The average Bonchev–Trinajstić information content (AvgIpc) is 3.48. The lowest BCUT2D eigenvalue weighted by Gasteiger charge is -2.31. The summed E-state index contributed by atoms with van der Waals surface area (Å²) in [6.45, 7) is 5.43. The zero-order valence-corrected chi connectivity index (χ0v) is 19.1. The number of pyridine rings is 1. The molecule has 2 aromatic heterocycles. The molecule has 8 nitrogen and oxygen atoms in total. The van der Waals surface area contributed by atoms with Gasteiger partial charge in [0.05, 0.1) is 17.6 Å². The van der Waals surface area contributed by atoms with E-state index in [9.17, 15) is 9.90 Å². The minimum atomic E-state index is -0.0635. The fraction of sp³-hybridized carbons (Fsp3) is 0.583. The normalized spacial score (nSPS) is 15.8. The van der Waals surface area contributed by atoms with Gasteiger partial charge in [0.1, 0.15) is 0 Å². The van der Waals surface area contributed by atoms with Crippen LogP contribution in [-0.2, 0) is 6.54 Å². The maximum atomic E-state index is 13.0. The largest absolute Gasteiger partial charge is 0.396 e.